The second kappa shape index (κ2) is 14.0. The Morgan fingerprint density at radius 2 is 1.66 bits per heavy atom. The number of hydrogen-bond acceptors (Lipinski definition) is 6. The first-order chi connectivity index (χ1) is 18.5. The molecule has 1 saturated heterocycles. The fraction of sp³-hybridized carbons (Fsp3) is 0.355. The van der Waals surface area contributed by atoms with E-state index in [1.165, 1.54) is 0 Å². The fourth-order valence-electron chi connectivity index (χ4n) is 4.42. The lowest BCUT2D eigenvalue weighted by atomic mass is 9.98. The molecule has 7 heteroatoms. The quantitative estimate of drug-likeness (QED) is 0.280. The van der Waals surface area contributed by atoms with E-state index in [1.54, 1.807) is 19.2 Å². The summed E-state index contributed by atoms with van der Waals surface area (Å²) in [4.78, 5) is 28.4. The van der Waals surface area contributed by atoms with E-state index in [4.69, 9.17) is 14.2 Å². The number of benzene rings is 3. The number of amides is 1. The smallest absolute Gasteiger partial charge is 0.241 e. The molecular formula is C31H36N2O5. The average molecular weight is 517 g/mol. The number of rotatable bonds is 12. The lowest BCUT2D eigenvalue weighted by Gasteiger charge is -2.31. The number of nitrogens with one attached hydrogen (secondary N) is 1. The van der Waals surface area contributed by atoms with E-state index in [9.17, 15) is 9.59 Å². The van der Waals surface area contributed by atoms with Crippen LogP contribution in [0.25, 0.3) is 11.1 Å². The van der Waals surface area contributed by atoms with Crippen LogP contribution >= 0.6 is 0 Å². The van der Waals surface area contributed by atoms with E-state index in [-0.39, 0.29) is 24.2 Å². The number of methoxy groups -OCH3 is 1. The summed E-state index contributed by atoms with van der Waals surface area (Å²) >= 11 is 0. The largest absolute Gasteiger partial charge is 0.382 e. The van der Waals surface area contributed by atoms with Gasteiger partial charge in [0.2, 0.25) is 5.91 Å². The molecule has 0 saturated carbocycles. The van der Waals surface area contributed by atoms with Gasteiger partial charge in [0, 0.05) is 43.4 Å². The SMILES string of the molecule is COCCOCc1ccc(C(=O)Cc2ccc(-c3ccccc3)cc2)cc1NC(=O)C(C)N1CCOCC1. The average Bonchev–Trinajstić information content (AvgIpc) is 2.96. The molecule has 3 aromatic carbocycles. The molecule has 0 radical (unpaired) electrons. The topological polar surface area (TPSA) is 77.1 Å². The molecule has 0 spiro atoms. The second-order valence-electron chi connectivity index (χ2n) is 9.39. The Morgan fingerprint density at radius 1 is 0.947 bits per heavy atom. The molecule has 7 nitrogen and oxygen atoms in total. The van der Waals surface area contributed by atoms with Gasteiger partial charge in [-0.25, -0.2) is 0 Å². The monoisotopic (exact) mass is 516 g/mol. The standard InChI is InChI=1S/C31H36N2O5/c1-23(33-14-16-37-17-15-33)31(35)32-29-21-27(12-13-28(29)22-38-19-18-36-2)30(34)20-24-8-10-26(11-9-24)25-6-4-3-5-7-25/h3-13,21,23H,14-20,22H2,1-2H3,(H,32,35). The van der Waals surface area contributed by atoms with Gasteiger partial charge >= 0.3 is 0 Å². The summed E-state index contributed by atoms with van der Waals surface area (Å²) in [5, 5.41) is 3.05. The highest BCUT2D eigenvalue weighted by atomic mass is 16.5. The first kappa shape index (κ1) is 27.7. The Labute approximate surface area is 224 Å². The lowest BCUT2D eigenvalue weighted by Crippen LogP contribution is -2.47. The summed E-state index contributed by atoms with van der Waals surface area (Å²) in [6, 6.07) is 23.3. The molecule has 1 heterocycles. The zero-order valence-electron chi connectivity index (χ0n) is 22.2. The molecule has 0 aromatic heterocycles. The van der Waals surface area contributed by atoms with Crippen LogP contribution in [0.5, 0.6) is 0 Å². The van der Waals surface area contributed by atoms with E-state index in [0.717, 1.165) is 22.3 Å². The van der Waals surface area contributed by atoms with Gasteiger partial charge in [-0.05, 0) is 29.7 Å². The molecule has 3 aromatic rings. The van der Waals surface area contributed by atoms with Crippen molar-refractivity contribution in [2.24, 2.45) is 0 Å². The minimum atomic E-state index is -0.316. The first-order valence-electron chi connectivity index (χ1n) is 13.0. The third-order valence-electron chi connectivity index (χ3n) is 6.78. The number of hydrogen-bond donors (Lipinski definition) is 1. The molecule has 38 heavy (non-hydrogen) atoms. The van der Waals surface area contributed by atoms with Crippen molar-refractivity contribution in [1.29, 1.82) is 0 Å². The third kappa shape index (κ3) is 7.58. The molecule has 1 aliphatic rings. The van der Waals surface area contributed by atoms with Crippen LogP contribution in [0, 0.1) is 0 Å². The summed E-state index contributed by atoms with van der Waals surface area (Å²) in [5.41, 5.74) is 5.14. The minimum absolute atomic E-state index is 0.0129. The number of morpholine rings is 1. The molecular weight excluding hydrogens is 480 g/mol. The van der Waals surface area contributed by atoms with Crippen LogP contribution in [0.15, 0.2) is 72.8 Å². The number of carbonyl (C=O) groups is 2. The fourth-order valence-corrected chi connectivity index (χ4v) is 4.42. The molecule has 200 valence electrons. The molecule has 0 aliphatic carbocycles. The van der Waals surface area contributed by atoms with Crippen LogP contribution < -0.4 is 5.32 Å². The number of nitrogens with zero attached hydrogens (tertiary/aromatic N) is 1. The van der Waals surface area contributed by atoms with Crippen molar-refractivity contribution in [2.45, 2.75) is 26.0 Å². The van der Waals surface area contributed by atoms with Crippen molar-refractivity contribution in [3.63, 3.8) is 0 Å². The Hall–Kier alpha value is -3.36. The Balaban J connectivity index is 1.47. The zero-order valence-corrected chi connectivity index (χ0v) is 22.2. The van der Waals surface area contributed by atoms with Gasteiger partial charge in [0.1, 0.15) is 0 Å². The molecule has 1 unspecified atom stereocenters. The zero-order chi connectivity index (χ0) is 26.7. The van der Waals surface area contributed by atoms with E-state index in [1.807, 2.05) is 55.5 Å². The minimum Gasteiger partial charge on any atom is -0.382 e. The van der Waals surface area contributed by atoms with Gasteiger partial charge in [-0.2, -0.15) is 0 Å². The lowest BCUT2D eigenvalue weighted by molar-refractivity contribution is -0.122. The van der Waals surface area contributed by atoms with Crippen molar-refractivity contribution in [1.82, 2.24) is 4.90 Å². The summed E-state index contributed by atoms with van der Waals surface area (Å²) in [7, 11) is 1.62. The number of ether oxygens (including phenoxy) is 3. The van der Waals surface area contributed by atoms with E-state index in [0.29, 0.717) is 57.4 Å². The number of anilines is 1. The van der Waals surface area contributed by atoms with Crippen LogP contribution in [0.2, 0.25) is 0 Å². The predicted octanol–water partition coefficient (Wildman–Crippen LogP) is 4.60. The molecule has 1 amide bonds. The predicted molar refractivity (Wildman–Crippen MR) is 148 cm³/mol. The van der Waals surface area contributed by atoms with Gasteiger partial charge < -0.3 is 19.5 Å². The van der Waals surface area contributed by atoms with Crippen molar-refractivity contribution in [2.75, 3.05) is 51.9 Å². The first-order valence-corrected chi connectivity index (χ1v) is 13.0. The maximum Gasteiger partial charge on any atom is 0.241 e. The van der Waals surface area contributed by atoms with Gasteiger partial charge in [0.05, 0.1) is 39.1 Å². The van der Waals surface area contributed by atoms with Crippen molar-refractivity contribution < 1.29 is 23.8 Å². The van der Waals surface area contributed by atoms with Gasteiger partial charge in [-0.1, -0.05) is 66.7 Å². The van der Waals surface area contributed by atoms with Crippen LogP contribution in [-0.4, -0.2) is 69.3 Å². The van der Waals surface area contributed by atoms with E-state index >= 15 is 0 Å². The normalized spacial score (nSPS) is 14.7. The number of carbonyl (C=O) groups excluding carboxylic acids is 2. The highest BCUT2D eigenvalue weighted by Crippen LogP contribution is 2.23. The number of ketones is 1. The molecule has 0 bridgehead atoms. The highest BCUT2D eigenvalue weighted by molar-refractivity contribution is 6.01. The van der Waals surface area contributed by atoms with Crippen molar-refractivity contribution in [3.05, 3.63) is 89.5 Å². The number of Topliss-reactive ketones (excluding diaryl/α,β-unsaturated/α-hetero) is 1. The summed E-state index contributed by atoms with van der Waals surface area (Å²) in [6.07, 6.45) is 0.274. The molecule has 1 N–H and O–H groups in total. The van der Waals surface area contributed by atoms with Crippen LogP contribution in [0.3, 0.4) is 0 Å². The Bertz CT molecular complexity index is 1190. The Morgan fingerprint density at radius 3 is 2.37 bits per heavy atom. The van der Waals surface area contributed by atoms with E-state index in [2.05, 4.69) is 22.3 Å². The molecule has 4 rings (SSSR count). The molecule has 1 fully saturated rings. The van der Waals surface area contributed by atoms with Gasteiger partial charge in [0.25, 0.3) is 0 Å². The van der Waals surface area contributed by atoms with Crippen LogP contribution in [0.1, 0.15) is 28.4 Å². The molecule has 1 atom stereocenters. The van der Waals surface area contributed by atoms with Crippen LogP contribution in [0.4, 0.5) is 5.69 Å². The maximum absolute atomic E-state index is 13.2. The third-order valence-corrected chi connectivity index (χ3v) is 6.78. The second-order valence-corrected chi connectivity index (χ2v) is 9.39. The van der Waals surface area contributed by atoms with Gasteiger partial charge in [0.15, 0.2) is 5.78 Å². The summed E-state index contributed by atoms with van der Waals surface area (Å²) in [5.74, 6) is -0.132. The summed E-state index contributed by atoms with van der Waals surface area (Å²) < 4.78 is 16.2. The van der Waals surface area contributed by atoms with Gasteiger partial charge in [-0.3, -0.25) is 14.5 Å². The van der Waals surface area contributed by atoms with Crippen molar-refractivity contribution in [3.8, 4) is 11.1 Å². The van der Waals surface area contributed by atoms with Gasteiger partial charge in [-0.15, -0.1) is 0 Å². The molecule has 1 aliphatic heterocycles. The maximum atomic E-state index is 13.2. The highest BCUT2D eigenvalue weighted by Gasteiger charge is 2.24. The van der Waals surface area contributed by atoms with Crippen LogP contribution in [-0.2, 0) is 32.0 Å². The van der Waals surface area contributed by atoms with Crippen molar-refractivity contribution >= 4 is 17.4 Å². The summed E-state index contributed by atoms with van der Waals surface area (Å²) in [6.45, 7) is 5.78. The van der Waals surface area contributed by atoms with E-state index < -0.39 is 0 Å². The Kier molecular flexibility index (Phi) is 10.2.